The molecule has 0 aliphatic carbocycles. The monoisotopic (exact) mass is 307 g/mol. The van der Waals surface area contributed by atoms with Gasteiger partial charge in [-0.1, -0.05) is 27.7 Å². The molecule has 22 heavy (non-hydrogen) atoms. The minimum Gasteiger partial charge on any atom is -0.377 e. The van der Waals surface area contributed by atoms with Crippen LogP contribution in [0.1, 0.15) is 57.5 Å². The molecule has 0 radical (unpaired) electrons. The van der Waals surface area contributed by atoms with Crippen LogP contribution in [0, 0.1) is 25.2 Å². The van der Waals surface area contributed by atoms with E-state index in [4.69, 9.17) is 4.74 Å². The Balaban J connectivity index is 1.91. The third-order valence-electron chi connectivity index (χ3n) is 4.74. The Hall–Kier alpha value is -0.870. The van der Waals surface area contributed by atoms with Crippen molar-refractivity contribution < 1.29 is 4.74 Å². The highest BCUT2D eigenvalue weighted by molar-refractivity contribution is 5.24. The summed E-state index contributed by atoms with van der Waals surface area (Å²) in [5.74, 6) is 0.617. The molecular formula is C18H33N3O. The third kappa shape index (κ3) is 3.90. The highest BCUT2D eigenvalue weighted by Crippen LogP contribution is 2.34. The van der Waals surface area contributed by atoms with Gasteiger partial charge >= 0.3 is 0 Å². The Bertz CT molecular complexity index is 487. The first-order valence-electron chi connectivity index (χ1n) is 8.69. The van der Waals surface area contributed by atoms with Gasteiger partial charge in [-0.3, -0.25) is 4.68 Å². The molecule has 1 aliphatic heterocycles. The van der Waals surface area contributed by atoms with Crippen LogP contribution < -0.4 is 5.32 Å². The molecule has 2 rings (SSSR count). The van der Waals surface area contributed by atoms with Crippen LogP contribution in [-0.2, 0) is 17.8 Å². The van der Waals surface area contributed by atoms with Crippen LogP contribution in [0.5, 0.6) is 0 Å². The van der Waals surface area contributed by atoms with E-state index in [1.165, 1.54) is 17.7 Å². The van der Waals surface area contributed by atoms with Crippen LogP contribution in [0.15, 0.2) is 0 Å². The molecule has 0 saturated carbocycles. The Morgan fingerprint density at radius 1 is 1.32 bits per heavy atom. The lowest BCUT2D eigenvalue weighted by molar-refractivity contribution is 0.00720. The van der Waals surface area contributed by atoms with Gasteiger partial charge in [0.05, 0.1) is 11.8 Å². The van der Waals surface area contributed by atoms with E-state index in [0.717, 1.165) is 38.4 Å². The maximum atomic E-state index is 5.96. The summed E-state index contributed by atoms with van der Waals surface area (Å²) in [6.07, 6.45) is 2.66. The summed E-state index contributed by atoms with van der Waals surface area (Å²) >= 11 is 0. The zero-order valence-corrected chi connectivity index (χ0v) is 15.2. The van der Waals surface area contributed by atoms with Crippen molar-refractivity contribution in [3.05, 3.63) is 17.0 Å². The van der Waals surface area contributed by atoms with Crippen LogP contribution in [0.3, 0.4) is 0 Å². The molecule has 0 unspecified atom stereocenters. The smallest absolute Gasteiger partial charge is 0.0664 e. The van der Waals surface area contributed by atoms with Gasteiger partial charge in [0, 0.05) is 43.4 Å². The van der Waals surface area contributed by atoms with Crippen molar-refractivity contribution in [1.82, 2.24) is 15.1 Å². The standard InChI is InChI=1S/C18H33N3O/c1-7-9-21-14(3)16(13(2)20-21)12-19-11-15-8-10-22-17(15)18(4,5)6/h15,17,19H,7-12H2,1-6H3/t15-,17+/m1/s1. The van der Waals surface area contributed by atoms with E-state index in [1.54, 1.807) is 0 Å². The average molecular weight is 307 g/mol. The summed E-state index contributed by atoms with van der Waals surface area (Å²) in [6.45, 7) is 17.2. The number of hydrogen-bond acceptors (Lipinski definition) is 3. The Morgan fingerprint density at radius 3 is 2.68 bits per heavy atom. The van der Waals surface area contributed by atoms with Gasteiger partial charge in [-0.05, 0) is 32.1 Å². The minimum atomic E-state index is 0.223. The molecule has 1 aliphatic rings. The molecule has 1 aromatic heterocycles. The number of nitrogens with one attached hydrogen (secondary N) is 1. The van der Waals surface area contributed by atoms with Crippen molar-refractivity contribution >= 4 is 0 Å². The van der Waals surface area contributed by atoms with Gasteiger partial charge in [-0.25, -0.2) is 0 Å². The normalized spacial score (nSPS) is 22.5. The van der Waals surface area contributed by atoms with E-state index in [-0.39, 0.29) is 5.41 Å². The molecule has 1 N–H and O–H groups in total. The van der Waals surface area contributed by atoms with Crippen LogP contribution in [0.2, 0.25) is 0 Å². The lowest BCUT2D eigenvalue weighted by atomic mass is 9.81. The highest BCUT2D eigenvalue weighted by Gasteiger charge is 2.36. The van der Waals surface area contributed by atoms with Crippen LogP contribution >= 0.6 is 0 Å². The molecule has 4 heteroatoms. The molecule has 1 saturated heterocycles. The maximum absolute atomic E-state index is 5.96. The predicted octanol–water partition coefficient (Wildman–Crippen LogP) is 3.45. The molecule has 126 valence electrons. The number of ether oxygens (including phenoxy) is 1. The van der Waals surface area contributed by atoms with Crippen LogP contribution in [0.4, 0.5) is 0 Å². The van der Waals surface area contributed by atoms with Gasteiger partial charge in [0.2, 0.25) is 0 Å². The molecule has 0 spiro atoms. The number of nitrogens with zero attached hydrogens (tertiary/aromatic N) is 2. The topological polar surface area (TPSA) is 39.1 Å². The SMILES string of the molecule is CCCn1nc(C)c(CNC[C@H]2CCO[C@@H]2C(C)(C)C)c1C. The van der Waals surface area contributed by atoms with Gasteiger partial charge in [0.15, 0.2) is 0 Å². The van der Waals surface area contributed by atoms with E-state index < -0.39 is 0 Å². The molecule has 0 aromatic carbocycles. The summed E-state index contributed by atoms with van der Waals surface area (Å²) in [5.41, 5.74) is 4.05. The lowest BCUT2D eigenvalue weighted by Crippen LogP contribution is -2.36. The first-order chi connectivity index (χ1) is 10.3. The molecule has 0 amide bonds. The van der Waals surface area contributed by atoms with E-state index >= 15 is 0 Å². The van der Waals surface area contributed by atoms with Crippen molar-refractivity contribution in [2.75, 3.05) is 13.2 Å². The minimum absolute atomic E-state index is 0.223. The summed E-state index contributed by atoms with van der Waals surface area (Å²) in [7, 11) is 0. The van der Waals surface area contributed by atoms with E-state index in [9.17, 15) is 0 Å². The molecule has 1 fully saturated rings. The van der Waals surface area contributed by atoms with Crippen molar-refractivity contribution in [2.45, 2.75) is 73.6 Å². The molecule has 0 bridgehead atoms. The number of aromatic nitrogens is 2. The Kier molecular flexibility index (Phi) is 5.67. The summed E-state index contributed by atoms with van der Waals surface area (Å²) in [5, 5.41) is 8.31. The molecule has 4 nitrogen and oxygen atoms in total. The van der Waals surface area contributed by atoms with Crippen molar-refractivity contribution in [3.63, 3.8) is 0 Å². The van der Waals surface area contributed by atoms with Gasteiger partial charge in [-0.2, -0.15) is 5.10 Å². The Labute approximate surface area is 135 Å². The van der Waals surface area contributed by atoms with Gasteiger partial charge in [0.25, 0.3) is 0 Å². The van der Waals surface area contributed by atoms with Crippen LogP contribution in [-0.4, -0.2) is 29.0 Å². The fourth-order valence-electron chi connectivity index (χ4n) is 3.60. The second-order valence-corrected chi connectivity index (χ2v) is 7.71. The summed E-state index contributed by atoms with van der Waals surface area (Å²) in [4.78, 5) is 0. The molecule has 2 atom stereocenters. The van der Waals surface area contributed by atoms with E-state index in [0.29, 0.717) is 12.0 Å². The van der Waals surface area contributed by atoms with Gasteiger partial charge < -0.3 is 10.1 Å². The highest BCUT2D eigenvalue weighted by atomic mass is 16.5. The third-order valence-corrected chi connectivity index (χ3v) is 4.74. The largest absolute Gasteiger partial charge is 0.377 e. The number of rotatable bonds is 6. The summed E-state index contributed by atoms with van der Waals surface area (Å²) in [6, 6.07) is 0. The van der Waals surface area contributed by atoms with Crippen LogP contribution in [0.25, 0.3) is 0 Å². The molecular weight excluding hydrogens is 274 g/mol. The van der Waals surface area contributed by atoms with E-state index in [1.807, 2.05) is 0 Å². The van der Waals surface area contributed by atoms with Crippen molar-refractivity contribution in [1.29, 1.82) is 0 Å². The fraction of sp³-hybridized carbons (Fsp3) is 0.833. The molecule has 1 aromatic rings. The Morgan fingerprint density at radius 2 is 2.05 bits per heavy atom. The summed E-state index contributed by atoms with van der Waals surface area (Å²) < 4.78 is 8.10. The van der Waals surface area contributed by atoms with Gasteiger partial charge in [-0.15, -0.1) is 0 Å². The zero-order chi connectivity index (χ0) is 16.3. The predicted molar refractivity (Wildman–Crippen MR) is 91.0 cm³/mol. The first kappa shape index (κ1) is 17.5. The average Bonchev–Trinajstić information content (AvgIpc) is 2.99. The number of hydrogen-bond donors (Lipinski definition) is 1. The molecule has 2 heterocycles. The quantitative estimate of drug-likeness (QED) is 0.875. The first-order valence-corrected chi connectivity index (χ1v) is 8.69. The zero-order valence-electron chi connectivity index (χ0n) is 15.2. The lowest BCUT2D eigenvalue weighted by Gasteiger charge is -2.31. The van der Waals surface area contributed by atoms with Crippen molar-refractivity contribution in [3.8, 4) is 0 Å². The second-order valence-electron chi connectivity index (χ2n) is 7.71. The number of aryl methyl sites for hydroxylation is 2. The van der Waals surface area contributed by atoms with Crippen molar-refractivity contribution in [2.24, 2.45) is 11.3 Å². The van der Waals surface area contributed by atoms with Gasteiger partial charge in [0.1, 0.15) is 0 Å². The van der Waals surface area contributed by atoms with E-state index in [2.05, 4.69) is 56.6 Å². The second kappa shape index (κ2) is 7.14. The maximum Gasteiger partial charge on any atom is 0.0664 e. The fourth-order valence-corrected chi connectivity index (χ4v) is 3.60.